The van der Waals surface area contributed by atoms with Crippen LogP contribution in [0.4, 0.5) is 11.4 Å². The molecule has 3 N–H and O–H groups in total. The van der Waals surface area contributed by atoms with Gasteiger partial charge in [0.15, 0.2) is 0 Å². The van der Waals surface area contributed by atoms with Gasteiger partial charge in [-0.15, -0.1) is 0 Å². The van der Waals surface area contributed by atoms with Gasteiger partial charge in [0.2, 0.25) is 0 Å². The number of hydrogen-bond acceptors (Lipinski definition) is 3. The number of hydrogen-bond donors (Lipinski definition) is 2. The van der Waals surface area contributed by atoms with Crippen LogP contribution < -0.4 is 10.5 Å². The molecule has 8 heteroatoms. The minimum absolute atomic E-state index is 0.112. The maximum atomic E-state index is 12.5. The highest BCUT2D eigenvalue weighted by atomic mass is 79.9. The highest BCUT2D eigenvalue weighted by Crippen LogP contribution is 2.31. The van der Waals surface area contributed by atoms with E-state index >= 15 is 0 Å². The average molecular weight is 455 g/mol. The van der Waals surface area contributed by atoms with Crippen LogP contribution in [-0.4, -0.2) is 8.42 Å². The number of rotatable bonds is 3. The van der Waals surface area contributed by atoms with Gasteiger partial charge in [-0.25, -0.2) is 8.42 Å². The molecule has 0 saturated carbocycles. The molecule has 0 bridgehead atoms. The molecule has 112 valence electrons. The summed E-state index contributed by atoms with van der Waals surface area (Å²) >= 11 is 12.4. The first-order valence-corrected chi connectivity index (χ1v) is 9.19. The third-order valence-corrected chi connectivity index (χ3v) is 5.70. The van der Waals surface area contributed by atoms with Crippen molar-refractivity contribution in [1.82, 2.24) is 0 Å². The Bertz CT molecular complexity index is 810. The second kappa shape index (κ2) is 6.16. The lowest BCUT2D eigenvalue weighted by Gasteiger charge is -2.13. The minimum atomic E-state index is -3.78. The predicted molar refractivity (Wildman–Crippen MR) is 93.3 cm³/mol. The SMILES string of the molecule is Cc1c(N)cc(Br)cc1S(=O)(=O)Nc1cc(Cl)ccc1Br. The third-order valence-electron chi connectivity index (χ3n) is 2.83. The summed E-state index contributed by atoms with van der Waals surface area (Å²) in [5.41, 5.74) is 7.06. The van der Waals surface area contributed by atoms with Gasteiger partial charge in [0, 0.05) is 19.7 Å². The Labute approximate surface area is 145 Å². The van der Waals surface area contributed by atoms with Crippen molar-refractivity contribution >= 4 is 64.9 Å². The van der Waals surface area contributed by atoms with Crippen LogP contribution in [0.15, 0.2) is 44.2 Å². The van der Waals surface area contributed by atoms with Crippen molar-refractivity contribution in [2.45, 2.75) is 11.8 Å². The van der Waals surface area contributed by atoms with Crippen molar-refractivity contribution in [2.75, 3.05) is 10.5 Å². The molecule has 0 radical (unpaired) electrons. The van der Waals surface area contributed by atoms with Crippen molar-refractivity contribution in [3.63, 3.8) is 0 Å². The molecular weight excluding hydrogens is 443 g/mol. The number of nitrogen functional groups attached to an aromatic ring is 1. The van der Waals surface area contributed by atoms with Gasteiger partial charge < -0.3 is 5.73 Å². The summed E-state index contributed by atoms with van der Waals surface area (Å²) in [6.45, 7) is 1.66. The van der Waals surface area contributed by atoms with Gasteiger partial charge in [0.25, 0.3) is 10.0 Å². The number of sulfonamides is 1. The van der Waals surface area contributed by atoms with Crippen LogP contribution >= 0.6 is 43.5 Å². The Morgan fingerprint density at radius 3 is 2.52 bits per heavy atom. The second-order valence-corrected chi connectivity index (χ2v) is 8.21. The van der Waals surface area contributed by atoms with Crippen LogP contribution in [0.25, 0.3) is 0 Å². The van der Waals surface area contributed by atoms with Crippen molar-refractivity contribution in [3.05, 3.63) is 49.9 Å². The van der Waals surface area contributed by atoms with Crippen LogP contribution in [0.3, 0.4) is 0 Å². The van der Waals surface area contributed by atoms with Gasteiger partial charge in [-0.3, -0.25) is 4.72 Å². The lowest BCUT2D eigenvalue weighted by molar-refractivity contribution is 0.600. The zero-order chi connectivity index (χ0) is 15.8. The van der Waals surface area contributed by atoms with Gasteiger partial charge in [-0.05, 0) is 58.7 Å². The number of anilines is 2. The minimum Gasteiger partial charge on any atom is -0.398 e. The molecule has 0 heterocycles. The summed E-state index contributed by atoms with van der Waals surface area (Å²) in [5.74, 6) is 0. The number of nitrogens with two attached hydrogens (primary N) is 1. The monoisotopic (exact) mass is 452 g/mol. The molecule has 0 fully saturated rings. The first kappa shape index (κ1) is 16.6. The van der Waals surface area contributed by atoms with E-state index in [9.17, 15) is 8.42 Å². The Morgan fingerprint density at radius 2 is 1.86 bits per heavy atom. The van der Waals surface area contributed by atoms with E-state index < -0.39 is 10.0 Å². The van der Waals surface area contributed by atoms with Crippen LogP contribution in [0.2, 0.25) is 5.02 Å². The van der Waals surface area contributed by atoms with Crippen LogP contribution in [0.5, 0.6) is 0 Å². The molecule has 2 aromatic rings. The highest BCUT2D eigenvalue weighted by molar-refractivity contribution is 9.10. The summed E-state index contributed by atoms with van der Waals surface area (Å²) in [6, 6.07) is 8.02. The molecule has 0 unspecified atom stereocenters. The maximum absolute atomic E-state index is 12.5. The van der Waals surface area contributed by atoms with Gasteiger partial charge in [-0.1, -0.05) is 27.5 Å². The standard InChI is InChI=1S/C13H11Br2ClN2O2S/c1-7-11(17)4-8(14)5-13(7)21(19,20)18-12-6-9(16)2-3-10(12)15/h2-6,18H,17H2,1H3. The predicted octanol–water partition coefficient (Wildman–Crippen LogP) is 4.56. The molecule has 0 aliphatic heterocycles. The molecule has 2 aromatic carbocycles. The average Bonchev–Trinajstić information content (AvgIpc) is 2.37. The fraction of sp³-hybridized carbons (Fsp3) is 0.0769. The van der Waals surface area contributed by atoms with E-state index in [-0.39, 0.29) is 4.90 Å². The molecule has 2 rings (SSSR count). The van der Waals surface area contributed by atoms with Crippen LogP contribution in [-0.2, 0) is 10.0 Å². The Balaban J connectivity index is 2.51. The number of halogens is 3. The molecule has 0 amide bonds. The van der Waals surface area contributed by atoms with E-state index in [0.29, 0.717) is 30.9 Å². The van der Waals surface area contributed by atoms with E-state index in [2.05, 4.69) is 36.6 Å². The topological polar surface area (TPSA) is 72.2 Å². The number of nitrogens with one attached hydrogen (secondary N) is 1. The first-order valence-electron chi connectivity index (χ1n) is 5.74. The largest absolute Gasteiger partial charge is 0.398 e. The zero-order valence-electron chi connectivity index (χ0n) is 10.8. The summed E-state index contributed by atoms with van der Waals surface area (Å²) < 4.78 is 28.8. The molecule has 21 heavy (non-hydrogen) atoms. The number of benzene rings is 2. The van der Waals surface area contributed by atoms with Crippen molar-refractivity contribution < 1.29 is 8.42 Å². The van der Waals surface area contributed by atoms with E-state index in [0.717, 1.165) is 0 Å². The van der Waals surface area contributed by atoms with Crippen molar-refractivity contribution in [3.8, 4) is 0 Å². The van der Waals surface area contributed by atoms with E-state index in [1.807, 2.05) is 0 Å². The lowest BCUT2D eigenvalue weighted by atomic mass is 10.2. The summed E-state index contributed by atoms with van der Waals surface area (Å²) in [5, 5.41) is 0.432. The molecule has 0 aliphatic carbocycles. The maximum Gasteiger partial charge on any atom is 0.262 e. The molecule has 0 aromatic heterocycles. The summed E-state index contributed by atoms with van der Waals surface area (Å²) in [7, 11) is -3.78. The third kappa shape index (κ3) is 3.71. The fourth-order valence-corrected chi connectivity index (χ4v) is 4.38. The highest BCUT2D eigenvalue weighted by Gasteiger charge is 2.20. The Morgan fingerprint density at radius 1 is 1.19 bits per heavy atom. The lowest BCUT2D eigenvalue weighted by Crippen LogP contribution is -2.15. The zero-order valence-corrected chi connectivity index (χ0v) is 15.6. The van der Waals surface area contributed by atoms with Gasteiger partial charge in [-0.2, -0.15) is 0 Å². The summed E-state index contributed by atoms with van der Waals surface area (Å²) in [6.07, 6.45) is 0. The fourth-order valence-electron chi connectivity index (χ4n) is 1.73. The van der Waals surface area contributed by atoms with Gasteiger partial charge in [0.05, 0.1) is 10.6 Å². The molecule has 0 atom stereocenters. The van der Waals surface area contributed by atoms with Crippen LogP contribution in [0, 0.1) is 6.92 Å². The van der Waals surface area contributed by atoms with Crippen LogP contribution in [0.1, 0.15) is 5.56 Å². The molecule has 0 saturated heterocycles. The first-order chi connectivity index (χ1) is 9.70. The van der Waals surface area contributed by atoms with Crippen molar-refractivity contribution in [2.24, 2.45) is 0 Å². The normalized spacial score (nSPS) is 11.4. The molecule has 4 nitrogen and oxygen atoms in total. The summed E-state index contributed by atoms with van der Waals surface area (Å²) in [4.78, 5) is 0.112. The van der Waals surface area contributed by atoms with E-state index in [1.165, 1.54) is 12.1 Å². The smallest absolute Gasteiger partial charge is 0.262 e. The van der Waals surface area contributed by atoms with Gasteiger partial charge >= 0.3 is 0 Å². The van der Waals surface area contributed by atoms with E-state index in [4.69, 9.17) is 17.3 Å². The van der Waals surface area contributed by atoms with E-state index in [1.54, 1.807) is 25.1 Å². The molecule has 0 spiro atoms. The second-order valence-electron chi connectivity index (χ2n) is 4.35. The Kier molecular flexibility index (Phi) is 4.87. The van der Waals surface area contributed by atoms with Crippen molar-refractivity contribution in [1.29, 1.82) is 0 Å². The Hall–Kier alpha value is -0.760. The molecule has 0 aliphatic rings. The van der Waals surface area contributed by atoms with Gasteiger partial charge in [0.1, 0.15) is 0 Å². The quantitative estimate of drug-likeness (QED) is 0.668. The molecular formula is C13H11Br2ClN2O2S.